The van der Waals surface area contributed by atoms with E-state index in [0.29, 0.717) is 0 Å². The first-order valence-corrected chi connectivity index (χ1v) is 5.64. The molecule has 1 aromatic rings. The summed E-state index contributed by atoms with van der Waals surface area (Å²) in [5.41, 5.74) is 9.83. The standard InChI is InChI=1S/C13H18N2/c1-10-6-12(9-15-8-10)11-4-2-3-5-13(14)7-11/h6-9,13H,2-5,14H2,1H3. The summed E-state index contributed by atoms with van der Waals surface area (Å²) in [7, 11) is 0. The summed E-state index contributed by atoms with van der Waals surface area (Å²) in [6, 6.07) is 2.42. The molecule has 1 heterocycles. The second-order valence-corrected chi connectivity index (χ2v) is 4.35. The topological polar surface area (TPSA) is 38.9 Å². The summed E-state index contributed by atoms with van der Waals surface area (Å²) in [6.07, 6.45) is 10.8. The van der Waals surface area contributed by atoms with Gasteiger partial charge >= 0.3 is 0 Å². The fourth-order valence-corrected chi connectivity index (χ4v) is 2.09. The molecule has 0 spiro atoms. The molecule has 0 radical (unpaired) electrons. The summed E-state index contributed by atoms with van der Waals surface area (Å²) in [6.45, 7) is 2.08. The van der Waals surface area contributed by atoms with Crippen molar-refractivity contribution in [3.8, 4) is 0 Å². The monoisotopic (exact) mass is 202 g/mol. The molecule has 0 amide bonds. The molecule has 1 aliphatic carbocycles. The fourth-order valence-electron chi connectivity index (χ4n) is 2.09. The van der Waals surface area contributed by atoms with E-state index in [-0.39, 0.29) is 6.04 Å². The van der Waals surface area contributed by atoms with Gasteiger partial charge in [-0.25, -0.2) is 0 Å². The molecule has 1 unspecified atom stereocenters. The van der Waals surface area contributed by atoms with E-state index in [2.05, 4.69) is 24.1 Å². The zero-order valence-corrected chi connectivity index (χ0v) is 9.24. The maximum absolute atomic E-state index is 6.00. The number of nitrogens with zero attached hydrogens (tertiary/aromatic N) is 1. The molecule has 0 saturated heterocycles. The van der Waals surface area contributed by atoms with Crippen molar-refractivity contribution in [3.63, 3.8) is 0 Å². The van der Waals surface area contributed by atoms with E-state index in [0.717, 1.165) is 12.8 Å². The van der Waals surface area contributed by atoms with Gasteiger partial charge in [0.05, 0.1) is 0 Å². The molecule has 0 bridgehead atoms. The van der Waals surface area contributed by atoms with Crippen LogP contribution in [0, 0.1) is 6.92 Å². The molecule has 0 fully saturated rings. The normalized spacial score (nSPS) is 22.0. The lowest BCUT2D eigenvalue weighted by atomic mass is 10.0. The van der Waals surface area contributed by atoms with Gasteiger partial charge in [0.25, 0.3) is 0 Å². The van der Waals surface area contributed by atoms with Crippen molar-refractivity contribution >= 4 is 5.57 Å². The number of aryl methyl sites for hydroxylation is 1. The van der Waals surface area contributed by atoms with Crippen LogP contribution in [0.25, 0.3) is 5.57 Å². The van der Waals surface area contributed by atoms with Crippen molar-refractivity contribution in [2.24, 2.45) is 5.73 Å². The molecule has 1 atom stereocenters. The van der Waals surface area contributed by atoms with E-state index >= 15 is 0 Å². The van der Waals surface area contributed by atoms with E-state index in [1.165, 1.54) is 29.5 Å². The summed E-state index contributed by atoms with van der Waals surface area (Å²) >= 11 is 0. The van der Waals surface area contributed by atoms with Crippen LogP contribution in [0.2, 0.25) is 0 Å². The van der Waals surface area contributed by atoms with E-state index < -0.39 is 0 Å². The number of nitrogens with two attached hydrogens (primary N) is 1. The Morgan fingerprint density at radius 1 is 1.33 bits per heavy atom. The minimum absolute atomic E-state index is 0.225. The molecule has 0 aliphatic heterocycles. The Morgan fingerprint density at radius 2 is 2.20 bits per heavy atom. The largest absolute Gasteiger partial charge is 0.324 e. The van der Waals surface area contributed by atoms with Gasteiger partial charge in [-0.1, -0.05) is 12.5 Å². The van der Waals surface area contributed by atoms with Crippen LogP contribution in [0.15, 0.2) is 24.5 Å². The van der Waals surface area contributed by atoms with Gasteiger partial charge in [-0.15, -0.1) is 0 Å². The molecular formula is C13H18N2. The highest BCUT2D eigenvalue weighted by Gasteiger charge is 2.10. The number of rotatable bonds is 1. The molecule has 0 aromatic carbocycles. The molecular weight excluding hydrogens is 184 g/mol. The summed E-state index contributed by atoms with van der Waals surface area (Å²) in [5.74, 6) is 0. The third-order valence-corrected chi connectivity index (χ3v) is 2.89. The number of hydrogen-bond acceptors (Lipinski definition) is 2. The quantitative estimate of drug-likeness (QED) is 0.760. The number of aromatic nitrogens is 1. The SMILES string of the molecule is Cc1cncc(C2=CC(N)CCCC2)c1. The second kappa shape index (κ2) is 4.58. The lowest BCUT2D eigenvalue weighted by Gasteiger charge is -2.07. The molecule has 80 valence electrons. The molecule has 0 saturated carbocycles. The van der Waals surface area contributed by atoms with Crippen LogP contribution in [-0.4, -0.2) is 11.0 Å². The van der Waals surface area contributed by atoms with E-state index in [4.69, 9.17) is 5.73 Å². The van der Waals surface area contributed by atoms with Crippen LogP contribution in [-0.2, 0) is 0 Å². The predicted octanol–water partition coefficient (Wildman–Crippen LogP) is 2.67. The second-order valence-electron chi connectivity index (χ2n) is 4.35. The lowest BCUT2D eigenvalue weighted by Crippen LogP contribution is -2.15. The maximum atomic E-state index is 6.00. The van der Waals surface area contributed by atoms with Crippen LogP contribution >= 0.6 is 0 Å². The zero-order chi connectivity index (χ0) is 10.7. The number of allylic oxidation sites excluding steroid dienone is 1. The minimum Gasteiger partial charge on any atom is -0.324 e. The Balaban J connectivity index is 2.28. The summed E-state index contributed by atoms with van der Waals surface area (Å²) < 4.78 is 0. The minimum atomic E-state index is 0.225. The number of pyridine rings is 1. The summed E-state index contributed by atoms with van der Waals surface area (Å²) in [4.78, 5) is 4.23. The van der Waals surface area contributed by atoms with Gasteiger partial charge < -0.3 is 5.73 Å². The Labute approximate surface area is 91.2 Å². The van der Waals surface area contributed by atoms with Crippen molar-refractivity contribution < 1.29 is 0 Å². The van der Waals surface area contributed by atoms with Gasteiger partial charge in [-0.3, -0.25) is 4.98 Å². The van der Waals surface area contributed by atoms with Crippen LogP contribution in [0.3, 0.4) is 0 Å². The molecule has 2 nitrogen and oxygen atoms in total. The first-order chi connectivity index (χ1) is 7.25. The van der Waals surface area contributed by atoms with Gasteiger partial charge in [0.15, 0.2) is 0 Å². The van der Waals surface area contributed by atoms with E-state index in [1.807, 2.05) is 12.4 Å². The van der Waals surface area contributed by atoms with Gasteiger partial charge in [0.1, 0.15) is 0 Å². The molecule has 2 heteroatoms. The third-order valence-electron chi connectivity index (χ3n) is 2.89. The number of hydrogen-bond donors (Lipinski definition) is 1. The van der Waals surface area contributed by atoms with Crippen molar-refractivity contribution in [1.29, 1.82) is 0 Å². The van der Waals surface area contributed by atoms with Crippen LogP contribution < -0.4 is 5.73 Å². The lowest BCUT2D eigenvalue weighted by molar-refractivity contribution is 0.658. The third kappa shape index (κ3) is 2.66. The van der Waals surface area contributed by atoms with Gasteiger partial charge in [0, 0.05) is 18.4 Å². The van der Waals surface area contributed by atoms with Gasteiger partial charge in [-0.05, 0) is 49.0 Å². The molecule has 1 aromatic heterocycles. The van der Waals surface area contributed by atoms with Crippen molar-refractivity contribution in [3.05, 3.63) is 35.7 Å². The Morgan fingerprint density at radius 3 is 3.00 bits per heavy atom. The van der Waals surface area contributed by atoms with Crippen molar-refractivity contribution in [2.75, 3.05) is 0 Å². The maximum Gasteiger partial charge on any atom is 0.0343 e. The predicted molar refractivity (Wildman–Crippen MR) is 63.4 cm³/mol. The Bertz CT molecular complexity index is 369. The molecule has 1 aliphatic rings. The highest BCUT2D eigenvalue weighted by atomic mass is 14.6. The van der Waals surface area contributed by atoms with Crippen LogP contribution in [0.4, 0.5) is 0 Å². The summed E-state index contributed by atoms with van der Waals surface area (Å²) in [5, 5.41) is 0. The first-order valence-electron chi connectivity index (χ1n) is 5.64. The average Bonchev–Trinajstić information content (AvgIpc) is 2.43. The fraction of sp³-hybridized carbons (Fsp3) is 0.462. The average molecular weight is 202 g/mol. The van der Waals surface area contributed by atoms with E-state index in [1.54, 1.807) is 0 Å². The zero-order valence-electron chi connectivity index (χ0n) is 9.24. The Kier molecular flexibility index (Phi) is 3.17. The smallest absolute Gasteiger partial charge is 0.0343 e. The Hall–Kier alpha value is -1.15. The van der Waals surface area contributed by atoms with Gasteiger partial charge in [-0.2, -0.15) is 0 Å². The highest BCUT2D eigenvalue weighted by Crippen LogP contribution is 2.25. The van der Waals surface area contributed by atoms with Crippen molar-refractivity contribution in [1.82, 2.24) is 4.98 Å². The van der Waals surface area contributed by atoms with Crippen molar-refractivity contribution in [2.45, 2.75) is 38.6 Å². The van der Waals surface area contributed by atoms with E-state index in [9.17, 15) is 0 Å². The van der Waals surface area contributed by atoms with Crippen LogP contribution in [0.1, 0.15) is 36.8 Å². The molecule has 2 rings (SSSR count). The van der Waals surface area contributed by atoms with Gasteiger partial charge in [0.2, 0.25) is 0 Å². The molecule has 15 heavy (non-hydrogen) atoms. The molecule has 2 N–H and O–H groups in total. The van der Waals surface area contributed by atoms with Crippen LogP contribution in [0.5, 0.6) is 0 Å². The first kappa shape index (κ1) is 10.4. The highest BCUT2D eigenvalue weighted by molar-refractivity contribution is 5.66.